The Morgan fingerprint density at radius 3 is 2.00 bits per heavy atom. The van der Waals surface area contributed by atoms with E-state index in [1.807, 2.05) is 0 Å². The van der Waals surface area contributed by atoms with E-state index < -0.39 is 53.0 Å². The van der Waals surface area contributed by atoms with Gasteiger partial charge in [-0.15, -0.1) is 5.10 Å². The Labute approximate surface area is 202 Å². The minimum atomic E-state index is -5.09. The summed E-state index contributed by atoms with van der Waals surface area (Å²) in [6, 6.07) is 0.293. The third-order valence-electron chi connectivity index (χ3n) is 6.04. The molecule has 1 heterocycles. The molecule has 0 bridgehead atoms. The number of aromatic nitrogens is 2. The fourth-order valence-electron chi connectivity index (χ4n) is 4.19. The first-order chi connectivity index (χ1) is 16.6. The normalized spacial score (nSPS) is 18.8. The van der Waals surface area contributed by atoms with Gasteiger partial charge < -0.3 is 9.84 Å². The van der Waals surface area contributed by atoms with Crippen molar-refractivity contribution >= 4 is 17.9 Å². The van der Waals surface area contributed by atoms with Crippen LogP contribution in [0.25, 0.3) is 5.69 Å². The summed E-state index contributed by atoms with van der Waals surface area (Å²) in [5.41, 5.74) is -3.78. The Morgan fingerprint density at radius 1 is 1.03 bits per heavy atom. The van der Waals surface area contributed by atoms with Crippen molar-refractivity contribution in [3.8, 4) is 11.4 Å². The first kappa shape index (κ1) is 27.3. The average Bonchev–Trinajstić information content (AvgIpc) is 3.15. The number of hydrogen-bond donors (Lipinski definition) is 1. The number of carbonyl (C=O) groups excluding carboxylic acids is 1. The van der Waals surface area contributed by atoms with Gasteiger partial charge in [0.25, 0.3) is 0 Å². The number of carboxylic acid groups (broad SMARTS) is 1. The number of nitrogens with zero attached hydrogens (tertiary/aromatic N) is 3. The fraction of sp³-hybridized carbons (Fsp3) is 0.522. The van der Waals surface area contributed by atoms with Crippen LogP contribution in [-0.2, 0) is 17.1 Å². The van der Waals surface area contributed by atoms with Crippen molar-refractivity contribution in [1.82, 2.24) is 9.78 Å². The molecule has 36 heavy (non-hydrogen) atoms. The lowest BCUT2D eigenvalue weighted by Crippen LogP contribution is -2.42. The zero-order valence-corrected chi connectivity index (χ0v) is 19.7. The van der Waals surface area contributed by atoms with Gasteiger partial charge in [-0.05, 0) is 63.6 Å². The van der Waals surface area contributed by atoms with E-state index in [-0.39, 0.29) is 17.8 Å². The zero-order chi connectivity index (χ0) is 27.0. The van der Waals surface area contributed by atoms with Crippen molar-refractivity contribution < 1.29 is 45.8 Å². The summed E-state index contributed by atoms with van der Waals surface area (Å²) in [4.78, 5) is 25.8. The number of amides is 1. The molecule has 3 rings (SSSR count). The van der Waals surface area contributed by atoms with Gasteiger partial charge in [0.2, 0.25) is 11.7 Å². The Balaban J connectivity index is 2.13. The van der Waals surface area contributed by atoms with Crippen LogP contribution in [0, 0.1) is 11.8 Å². The average molecular weight is 521 g/mol. The van der Waals surface area contributed by atoms with Gasteiger partial charge in [-0.3, -0.25) is 9.69 Å². The van der Waals surface area contributed by atoms with Gasteiger partial charge >= 0.3 is 18.5 Å². The van der Waals surface area contributed by atoms with Crippen LogP contribution >= 0.6 is 0 Å². The molecular formula is C23H25F6N3O4. The molecule has 0 radical (unpaired) electrons. The van der Waals surface area contributed by atoms with Crippen molar-refractivity contribution in [2.24, 2.45) is 11.8 Å². The molecule has 1 N–H and O–H groups in total. The maximum Gasteiger partial charge on any atom is 0.511 e. The van der Waals surface area contributed by atoms with E-state index in [4.69, 9.17) is 9.84 Å². The zero-order valence-electron chi connectivity index (χ0n) is 19.7. The molecule has 0 aliphatic heterocycles. The summed E-state index contributed by atoms with van der Waals surface area (Å²) < 4.78 is 85.3. The monoisotopic (exact) mass is 521 g/mol. The van der Waals surface area contributed by atoms with Gasteiger partial charge in [-0.1, -0.05) is 6.92 Å². The Kier molecular flexibility index (Phi) is 7.61. The number of ether oxygens (including phenoxy) is 1. The van der Waals surface area contributed by atoms with Crippen LogP contribution < -0.4 is 9.64 Å². The molecule has 1 amide bonds. The van der Waals surface area contributed by atoms with Crippen LogP contribution in [0.5, 0.6) is 5.75 Å². The fourth-order valence-corrected chi connectivity index (χ4v) is 4.19. The van der Waals surface area contributed by atoms with E-state index in [1.54, 1.807) is 13.8 Å². The quantitative estimate of drug-likeness (QED) is 0.357. The number of carbonyl (C=O) groups is 2. The molecule has 13 heteroatoms. The topological polar surface area (TPSA) is 84.7 Å². The minimum absolute atomic E-state index is 0.0312. The lowest BCUT2D eigenvalue weighted by Gasteiger charge is -2.32. The molecule has 2 aromatic rings. The highest BCUT2D eigenvalue weighted by atomic mass is 19.4. The summed E-state index contributed by atoms with van der Waals surface area (Å²) in [6.45, 7) is 5.31. The Bertz CT molecular complexity index is 1090. The molecular weight excluding hydrogens is 496 g/mol. The molecule has 0 saturated heterocycles. The van der Waals surface area contributed by atoms with Crippen molar-refractivity contribution in [1.29, 1.82) is 0 Å². The molecule has 0 atom stereocenters. The predicted octanol–water partition coefficient (Wildman–Crippen LogP) is 6.53. The van der Waals surface area contributed by atoms with Gasteiger partial charge in [0.15, 0.2) is 5.75 Å². The van der Waals surface area contributed by atoms with Crippen LogP contribution in [-0.4, -0.2) is 33.0 Å². The molecule has 1 aliphatic rings. The number of rotatable bonds is 5. The van der Waals surface area contributed by atoms with Crippen LogP contribution in [0.1, 0.15) is 57.6 Å². The molecule has 0 spiro atoms. The second-order valence-electron chi connectivity index (χ2n) is 9.15. The van der Waals surface area contributed by atoms with Crippen molar-refractivity contribution in [3.63, 3.8) is 0 Å². The number of benzene rings is 1. The molecule has 1 aliphatic carbocycles. The smallest absolute Gasteiger partial charge is 0.449 e. The van der Waals surface area contributed by atoms with Crippen LogP contribution in [0.3, 0.4) is 0 Å². The Morgan fingerprint density at radius 2 is 1.56 bits per heavy atom. The maximum absolute atomic E-state index is 13.4. The van der Waals surface area contributed by atoms with Crippen molar-refractivity contribution in [2.75, 3.05) is 4.90 Å². The van der Waals surface area contributed by atoms with E-state index in [9.17, 15) is 35.9 Å². The molecule has 198 valence electrons. The third kappa shape index (κ3) is 6.11. The number of halogens is 6. The molecule has 7 nitrogen and oxygen atoms in total. The summed E-state index contributed by atoms with van der Waals surface area (Å²) >= 11 is 0. The van der Waals surface area contributed by atoms with Gasteiger partial charge in [0.05, 0.1) is 23.0 Å². The van der Waals surface area contributed by atoms with E-state index in [1.165, 1.54) is 4.90 Å². The van der Waals surface area contributed by atoms with Crippen molar-refractivity contribution in [2.45, 2.75) is 64.8 Å². The summed E-state index contributed by atoms with van der Waals surface area (Å²) in [5, 5.41) is 13.2. The van der Waals surface area contributed by atoms with Gasteiger partial charge in [-0.2, -0.15) is 26.3 Å². The second-order valence-corrected chi connectivity index (χ2v) is 9.15. The van der Waals surface area contributed by atoms with Gasteiger partial charge in [0, 0.05) is 12.0 Å². The first-order valence-electron chi connectivity index (χ1n) is 11.2. The highest BCUT2D eigenvalue weighted by molar-refractivity contribution is 5.96. The minimum Gasteiger partial charge on any atom is -0.449 e. The number of anilines is 1. The lowest BCUT2D eigenvalue weighted by atomic mass is 9.82. The highest BCUT2D eigenvalue weighted by Gasteiger charge is 2.38. The molecule has 1 fully saturated rings. The SMILES string of the molecule is CC1CCC(C(=O)N(c2nn(-c3cc(C(F)(F)F)cc(C(F)(F)F)c3)cc2OC(=O)O)C(C)C)CC1. The summed E-state index contributed by atoms with van der Waals surface area (Å²) in [7, 11) is 0. The van der Waals surface area contributed by atoms with Gasteiger partial charge in [-0.25, -0.2) is 9.48 Å². The third-order valence-corrected chi connectivity index (χ3v) is 6.04. The largest absolute Gasteiger partial charge is 0.511 e. The second kappa shape index (κ2) is 10.0. The highest BCUT2D eigenvalue weighted by Crippen LogP contribution is 2.39. The van der Waals surface area contributed by atoms with Gasteiger partial charge in [0.1, 0.15) is 0 Å². The number of alkyl halides is 6. The molecule has 1 aromatic carbocycles. The standard InChI is InChI=1S/C23H25F6N3O4/c1-12(2)32(20(33)14-6-4-13(3)5-7-14)19-18(36-21(34)35)11-31(30-19)17-9-15(22(24,25)26)8-16(10-17)23(27,28)29/h8-14H,4-7H2,1-3H3,(H,34,35). The molecule has 1 aromatic heterocycles. The van der Waals surface area contributed by atoms with Crippen LogP contribution in [0.2, 0.25) is 0 Å². The summed E-state index contributed by atoms with van der Waals surface area (Å²) in [5.74, 6) is -1.15. The van der Waals surface area contributed by atoms with Crippen LogP contribution in [0.15, 0.2) is 24.4 Å². The van der Waals surface area contributed by atoms with E-state index in [2.05, 4.69) is 12.0 Å². The number of hydrogen-bond acceptors (Lipinski definition) is 4. The first-order valence-corrected chi connectivity index (χ1v) is 11.2. The maximum atomic E-state index is 13.4. The molecule has 0 unspecified atom stereocenters. The van der Waals surface area contributed by atoms with Crippen molar-refractivity contribution in [3.05, 3.63) is 35.5 Å². The summed E-state index contributed by atoms with van der Waals surface area (Å²) in [6.07, 6.45) is -8.36. The van der Waals surface area contributed by atoms with Crippen LogP contribution in [0.4, 0.5) is 37.0 Å². The molecule has 1 saturated carbocycles. The van der Waals surface area contributed by atoms with E-state index >= 15 is 0 Å². The Hall–Kier alpha value is -3.25. The lowest BCUT2D eigenvalue weighted by molar-refractivity contribution is -0.143. The van der Waals surface area contributed by atoms with E-state index in [0.29, 0.717) is 35.6 Å². The predicted molar refractivity (Wildman–Crippen MR) is 116 cm³/mol. The van der Waals surface area contributed by atoms with E-state index in [0.717, 1.165) is 19.0 Å².